The molecule has 1 N–H and O–H groups in total. The largest absolute Gasteiger partial charge is 0.376 e. The third-order valence-corrected chi connectivity index (χ3v) is 5.01. The van der Waals surface area contributed by atoms with Gasteiger partial charge in [-0.25, -0.2) is 0 Å². The van der Waals surface area contributed by atoms with Gasteiger partial charge in [-0.2, -0.15) is 0 Å². The summed E-state index contributed by atoms with van der Waals surface area (Å²) >= 11 is 7.03. The lowest BCUT2D eigenvalue weighted by Gasteiger charge is -2.19. The van der Waals surface area contributed by atoms with Gasteiger partial charge in [0, 0.05) is 33.9 Å². The molecule has 2 aromatic rings. The number of hydrogen-bond acceptors (Lipinski definition) is 2. The number of rotatable bonds is 5. The number of halogens is 2. The van der Waals surface area contributed by atoms with Gasteiger partial charge in [0.25, 0.3) is 0 Å². The van der Waals surface area contributed by atoms with Crippen LogP contribution >= 0.6 is 31.9 Å². The highest BCUT2D eigenvalue weighted by molar-refractivity contribution is 9.11. The first-order valence-corrected chi connectivity index (χ1v) is 9.09. The molecule has 1 fully saturated rings. The zero-order valence-corrected chi connectivity index (χ0v) is 15.4. The van der Waals surface area contributed by atoms with Crippen molar-refractivity contribution in [2.75, 3.05) is 19.7 Å². The monoisotopic (exact) mass is 423 g/mol. The minimum absolute atomic E-state index is 0.540. The maximum Gasteiger partial charge on any atom is 0.0717 e. The predicted molar refractivity (Wildman–Crippen MR) is 97.0 cm³/mol. The summed E-state index contributed by atoms with van der Waals surface area (Å²) in [7, 11) is 0. The van der Waals surface area contributed by atoms with Gasteiger partial charge in [0.05, 0.1) is 13.2 Å². The van der Waals surface area contributed by atoms with Crippen LogP contribution in [0.2, 0.25) is 0 Å². The lowest BCUT2D eigenvalue weighted by Crippen LogP contribution is -2.17. The van der Waals surface area contributed by atoms with Gasteiger partial charge in [0.2, 0.25) is 0 Å². The molecular formula is C18H19Br2NO. The molecular weight excluding hydrogens is 406 g/mol. The van der Waals surface area contributed by atoms with Crippen LogP contribution in [0.5, 0.6) is 0 Å². The molecule has 2 nitrogen and oxygen atoms in total. The smallest absolute Gasteiger partial charge is 0.0717 e. The molecule has 0 aromatic heterocycles. The summed E-state index contributed by atoms with van der Waals surface area (Å²) in [5.41, 5.74) is 2.59. The van der Waals surface area contributed by atoms with Crippen LogP contribution in [0, 0.1) is 5.92 Å². The van der Waals surface area contributed by atoms with Crippen LogP contribution in [0.1, 0.15) is 17.0 Å². The summed E-state index contributed by atoms with van der Waals surface area (Å²) in [6.45, 7) is 3.51. The second-order valence-electron chi connectivity index (χ2n) is 5.73. The number of benzene rings is 2. The minimum Gasteiger partial charge on any atom is -0.376 e. The second-order valence-corrected chi connectivity index (χ2v) is 7.56. The molecule has 2 atom stereocenters. The first-order valence-electron chi connectivity index (χ1n) is 7.51. The van der Waals surface area contributed by atoms with E-state index >= 15 is 0 Å². The zero-order chi connectivity index (χ0) is 15.4. The Morgan fingerprint density at radius 1 is 1.00 bits per heavy atom. The van der Waals surface area contributed by atoms with E-state index in [1.54, 1.807) is 0 Å². The fourth-order valence-electron chi connectivity index (χ4n) is 3.02. The van der Waals surface area contributed by atoms with E-state index in [-0.39, 0.29) is 0 Å². The number of hydrogen-bond donors (Lipinski definition) is 1. The van der Waals surface area contributed by atoms with E-state index in [0.717, 1.165) is 28.6 Å². The third kappa shape index (κ3) is 4.19. The number of ether oxygens (including phenoxy) is 1. The molecule has 3 rings (SSSR count). The molecule has 4 heteroatoms. The molecule has 22 heavy (non-hydrogen) atoms. The first kappa shape index (κ1) is 16.2. The van der Waals surface area contributed by atoms with E-state index in [4.69, 9.17) is 4.74 Å². The van der Waals surface area contributed by atoms with Crippen LogP contribution < -0.4 is 5.32 Å². The lowest BCUT2D eigenvalue weighted by molar-refractivity contribution is 0.0876. The molecule has 0 saturated carbocycles. The molecule has 1 saturated heterocycles. The van der Waals surface area contributed by atoms with Gasteiger partial charge in [-0.3, -0.25) is 0 Å². The molecule has 0 spiro atoms. The SMILES string of the molecule is Brc1cc(Br)cc(COCC2CNCC2c2ccccc2)c1. The Hall–Kier alpha value is -0.680. The summed E-state index contributed by atoms with van der Waals surface area (Å²) in [5, 5.41) is 3.49. The predicted octanol–water partition coefficient (Wildman–Crippen LogP) is 4.73. The maximum absolute atomic E-state index is 5.98. The summed E-state index contributed by atoms with van der Waals surface area (Å²) in [5.74, 6) is 1.09. The lowest BCUT2D eigenvalue weighted by atomic mass is 9.89. The van der Waals surface area contributed by atoms with Crippen LogP contribution in [0.4, 0.5) is 0 Å². The Morgan fingerprint density at radius 2 is 1.73 bits per heavy atom. The first-order chi connectivity index (χ1) is 10.7. The van der Waals surface area contributed by atoms with Crippen molar-refractivity contribution in [2.24, 2.45) is 5.92 Å². The van der Waals surface area contributed by atoms with Crippen LogP contribution in [0.3, 0.4) is 0 Å². The van der Waals surface area contributed by atoms with Gasteiger partial charge in [-0.05, 0) is 29.3 Å². The van der Waals surface area contributed by atoms with Crippen molar-refractivity contribution in [2.45, 2.75) is 12.5 Å². The van der Waals surface area contributed by atoms with Crippen molar-refractivity contribution in [1.82, 2.24) is 5.32 Å². The van der Waals surface area contributed by atoms with Gasteiger partial charge in [-0.1, -0.05) is 62.2 Å². The van der Waals surface area contributed by atoms with Gasteiger partial charge in [0.1, 0.15) is 0 Å². The molecule has 2 unspecified atom stereocenters. The standard InChI is InChI=1S/C18H19Br2NO/c19-16-6-13(7-17(20)8-16)11-22-12-15-9-21-10-18(15)14-4-2-1-3-5-14/h1-8,15,18,21H,9-12H2. The Morgan fingerprint density at radius 3 is 2.45 bits per heavy atom. The molecule has 116 valence electrons. The summed E-state index contributed by atoms with van der Waals surface area (Å²) in [6, 6.07) is 17.0. The Bertz CT molecular complexity index is 597. The zero-order valence-electron chi connectivity index (χ0n) is 12.3. The van der Waals surface area contributed by atoms with E-state index in [0.29, 0.717) is 18.4 Å². The maximum atomic E-state index is 5.98. The fraction of sp³-hybridized carbons (Fsp3) is 0.333. The van der Waals surface area contributed by atoms with Gasteiger partial charge < -0.3 is 10.1 Å². The van der Waals surface area contributed by atoms with Crippen LogP contribution in [-0.2, 0) is 11.3 Å². The summed E-state index contributed by atoms with van der Waals surface area (Å²) in [4.78, 5) is 0. The molecule has 0 radical (unpaired) electrons. The van der Waals surface area contributed by atoms with Gasteiger partial charge in [-0.15, -0.1) is 0 Å². The average Bonchev–Trinajstić information content (AvgIpc) is 2.96. The van der Waals surface area contributed by atoms with E-state index < -0.39 is 0 Å². The second kappa shape index (κ2) is 7.73. The molecule has 2 aromatic carbocycles. The molecule has 1 heterocycles. The molecule has 0 bridgehead atoms. The molecule has 0 aliphatic carbocycles. The quantitative estimate of drug-likeness (QED) is 0.748. The number of nitrogens with one attached hydrogen (secondary N) is 1. The highest BCUT2D eigenvalue weighted by Gasteiger charge is 2.28. The molecule has 1 aliphatic rings. The van der Waals surface area contributed by atoms with Gasteiger partial charge in [0.15, 0.2) is 0 Å². The Labute approximate surface area is 148 Å². The van der Waals surface area contributed by atoms with E-state index in [1.165, 1.54) is 11.1 Å². The summed E-state index contributed by atoms with van der Waals surface area (Å²) < 4.78 is 8.13. The van der Waals surface area contributed by atoms with Crippen molar-refractivity contribution < 1.29 is 4.74 Å². The van der Waals surface area contributed by atoms with Crippen molar-refractivity contribution in [3.8, 4) is 0 Å². The van der Waals surface area contributed by atoms with Crippen molar-refractivity contribution in [1.29, 1.82) is 0 Å². The van der Waals surface area contributed by atoms with E-state index in [2.05, 4.69) is 79.6 Å². The van der Waals surface area contributed by atoms with Gasteiger partial charge >= 0.3 is 0 Å². The van der Waals surface area contributed by atoms with Crippen molar-refractivity contribution >= 4 is 31.9 Å². The van der Waals surface area contributed by atoms with Crippen LogP contribution in [0.25, 0.3) is 0 Å². The Kier molecular flexibility index (Phi) is 5.69. The highest BCUT2D eigenvalue weighted by atomic mass is 79.9. The van der Waals surface area contributed by atoms with Crippen molar-refractivity contribution in [3.05, 3.63) is 68.6 Å². The minimum atomic E-state index is 0.540. The Balaban J connectivity index is 1.56. The molecule has 1 aliphatic heterocycles. The third-order valence-electron chi connectivity index (χ3n) is 4.09. The van der Waals surface area contributed by atoms with E-state index in [9.17, 15) is 0 Å². The van der Waals surface area contributed by atoms with E-state index in [1.807, 2.05) is 6.07 Å². The van der Waals surface area contributed by atoms with Crippen molar-refractivity contribution in [3.63, 3.8) is 0 Å². The topological polar surface area (TPSA) is 21.3 Å². The van der Waals surface area contributed by atoms with Crippen LogP contribution in [0.15, 0.2) is 57.5 Å². The molecule has 0 amide bonds. The normalized spacial score (nSPS) is 21.2. The highest BCUT2D eigenvalue weighted by Crippen LogP contribution is 2.28. The fourth-order valence-corrected chi connectivity index (χ4v) is 4.41. The summed E-state index contributed by atoms with van der Waals surface area (Å²) in [6.07, 6.45) is 0. The van der Waals surface area contributed by atoms with Crippen LogP contribution in [-0.4, -0.2) is 19.7 Å². The average molecular weight is 425 g/mol.